The van der Waals surface area contributed by atoms with E-state index < -0.39 is 54.0 Å². The van der Waals surface area contributed by atoms with Crippen LogP contribution >= 0.6 is 0 Å². The Morgan fingerprint density at radius 3 is 2.00 bits per heavy atom. The highest BCUT2D eigenvalue weighted by atomic mass is 16.4. The largest absolute Gasteiger partial charge is 0.480 e. The molecule has 0 bridgehead atoms. The lowest BCUT2D eigenvalue weighted by Crippen LogP contribution is -2.58. The van der Waals surface area contributed by atoms with E-state index in [-0.39, 0.29) is 12.3 Å². The molecule has 0 spiro atoms. The lowest BCUT2D eigenvalue weighted by molar-refractivity contribution is -0.143. The fourth-order valence-corrected chi connectivity index (χ4v) is 2.59. The third-order valence-corrected chi connectivity index (χ3v) is 4.93. The number of rotatable bonds is 14. The van der Waals surface area contributed by atoms with Gasteiger partial charge in [0.15, 0.2) is 0 Å². The second kappa shape index (κ2) is 13.9. The van der Waals surface area contributed by atoms with Crippen LogP contribution in [0.4, 0.5) is 0 Å². The lowest BCUT2D eigenvalue weighted by atomic mass is 9.97. The molecule has 0 aromatic rings. The molecule has 0 aliphatic carbocycles. The van der Waals surface area contributed by atoms with Gasteiger partial charge in [-0.25, -0.2) is 4.79 Å². The minimum Gasteiger partial charge on any atom is -0.480 e. The van der Waals surface area contributed by atoms with Crippen LogP contribution in [0.2, 0.25) is 0 Å². The number of unbranched alkanes of at least 4 members (excludes halogenated alkanes) is 1. The number of carbonyl (C=O) groups excluding carboxylic acids is 3. The van der Waals surface area contributed by atoms with Gasteiger partial charge < -0.3 is 37.6 Å². The molecule has 3 amide bonds. The Kier molecular flexibility index (Phi) is 12.8. The van der Waals surface area contributed by atoms with Gasteiger partial charge >= 0.3 is 5.97 Å². The van der Waals surface area contributed by atoms with Crippen molar-refractivity contribution in [2.75, 3.05) is 6.54 Å². The molecule has 0 fully saturated rings. The maximum atomic E-state index is 12.7. The van der Waals surface area contributed by atoms with E-state index in [4.69, 9.17) is 11.5 Å². The number of carboxylic acid groups (broad SMARTS) is 1. The van der Waals surface area contributed by atoms with E-state index in [0.717, 1.165) is 0 Å². The molecule has 0 saturated carbocycles. The molecular formula is C19H37N5O6. The van der Waals surface area contributed by atoms with Gasteiger partial charge in [-0.3, -0.25) is 14.4 Å². The minimum absolute atomic E-state index is 0.225. The summed E-state index contributed by atoms with van der Waals surface area (Å²) in [4.78, 5) is 48.6. The number of nitrogens with two attached hydrogens (primary N) is 2. The fourth-order valence-electron chi connectivity index (χ4n) is 2.59. The predicted octanol–water partition coefficient (Wildman–Crippen LogP) is -1.57. The van der Waals surface area contributed by atoms with E-state index in [9.17, 15) is 29.4 Å². The highest BCUT2D eigenvalue weighted by Gasteiger charge is 2.31. The third-order valence-electron chi connectivity index (χ3n) is 4.93. The zero-order valence-electron chi connectivity index (χ0n) is 18.2. The Bertz CT molecular complexity index is 586. The van der Waals surface area contributed by atoms with Crippen LogP contribution in [0.5, 0.6) is 0 Å². The zero-order chi connectivity index (χ0) is 23.4. The standard InChI is InChI=1S/C19H37N5O6/c1-5-10(2)15(18(28)23-13(19(29)30)8-6-7-9-20)24-16(26)11(3)22-17(27)14(21)12(4)25/h10-15,25H,5-9,20-21H2,1-4H3,(H,22,27)(H,23,28)(H,24,26)(H,29,30). The number of carboxylic acids is 1. The summed E-state index contributed by atoms with van der Waals surface area (Å²) in [5, 5.41) is 26.2. The van der Waals surface area contributed by atoms with Gasteiger partial charge in [0, 0.05) is 0 Å². The van der Waals surface area contributed by atoms with Crippen molar-refractivity contribution in [1.82, 2.24) is 16.0 Å². The summed E-state index contributed by atoms with van der Waals surface area (Å²) in [6.07, 6.45) is 0.865. The highest BCUT2D eigenvalue weighted by molar-refractivity contribution is 5.94. The van der Waals surface area contributed by atoms with Crippen LogP contribution in [0, 0.1) is 5.92 Å². The first-order valence-corrected chi connectivity index (χ1v) is 10.2. The molecule has 6 atom stereocenters. The number of aliphatic hydroxyl groups is 1. The Morgan fingerprint density at radius 1 is 0.933 bits per heavy atom. The maximum Gasteiger partial charge on any atom is 0.326 e. The number of amides is 3. The average Bonchev–Trinajstić information content (AvgIpc) is 2.69. The van der Waals surface area contributed by atoms with Gasteiger partial charge in [0.25, 0.3) is 0 Å². The van der Waals surface area contributed by atoms with Crippen LogP contribution in [0.25, 0.3) is 0 Å². The summed E-state index contributed by atoms with van der Waals surface area (Å²) in [5.74, 6) is -3.39. The minimum atomic E-state index is -1.20. The summed E-state index contributed by atoms with van der Waals surface area (Å²) >= 11 is 0. The van der Waals surface area contributed by atoms with Gasteiger partial charge in [-0.2, -0.15) is 0 Å². The van der Waals surface area contributed by atoms with E-state index in [1.54, 1.807) is 6.92 Å². The summed E-state index contributed by atoms with van der Waals surface area (Å²) in [5.41, 5.74) is 11.0. The number of nitrogens with one attached hydrogen (secondary N) is 3. The quantitative estimate of drug-likeness (QED) is 0.160. The van der Waals surface area contributed by atoms with E-state index >= 15 is 0 Å². The average molecular weight is 432 g/mol. The van der Waals surface area contributed by atoms with Crippen LogP contribution < -0.4 is 27.4 Å². The molecule has 11 nitrogen and oxygen atoms in total. The van der Waals surface area contributed by atoms with Crippen molar-refractivity contribution in [2.24, 2.45) is 17.4 Å². The van der Waals surface area contributed by atoms with Crippen molar-refractivity contribution in [1.29, 1.82) is 0 Å². The topological polar surface area (TPSA) is 197 Å². The number of aliphatic hydroxyl groups excluding tert-OH is 1. The molecule has 30 heavy (non-hydrogen) atoms. The van der Waals surface area contributed by atoms with Gasteiger partial charge in [0.05, 0.1) is 6.10 Å². The number of aliphatic carboxylic acids is 1. The van der Waals surface area contributed by atoms with Gasteiger partial charge in [0.1, 0.15) is 24.2 Å². The molecule has 0 aliphatic rings. The van der Waals surface area contributed by atoms with Crippen molar-refractivity contribution in [3.05, 3.63) is 0 Å². The molecule has 0 aromatic carbocycles. The molecule has 6 unspecified atom stereocenters. The Morgan fingerprint density at radius 2 is 1.53 bits per heavy atom. The molecule has 174 valence electrons. The normalized spacial score (nSPS) is 17.0. The summed E-state index contributed by atoms with van der Waals surface area (Å²) in [7, 11) is 0. The molecule has 0 rings (SSSR count). The van der Waals surface area contributed by atoms with Crippen molar-refractivity contribution in [3.8, 4) is 0 Å². The molecule has 0 saturated heterocycles. The Hall–Kier alpha value is -2.24. The molecule has 0 radical (unpaired) electrons. The number of hydrogen-bond acceptors (Lipinski definition) is 7. The van der Waals surface area contributed by atoms with Gasteiger partial charge in [-0.05, 0) is 45.6 Å². The molecule has 0 aromatic heterocycles. The maximum absolute atomic E-state index is 12.7. The van der Waals surface area contributed by atoms with Crippen LogP contribution in [0.1, 0.15) is 53.4 Å². The third kappa shape index (κ3) is 9.51. The predicted molar refractivity (Wildman–Crippen MR) is 111 cm³/mol. The zero-order valence-corrected chi connectivity index (χ0v) is 18.2. The van der Waals surface area contributed by atoms with Gasteiger partial charge in [0.2, 0.25) is 17.7 Å². The molecule has 9 N–H and O–H groups in total. The van der Waals surface area contributed by atoms with Gasteiger partial charge in [-0.1, -0.05) is 20.3 Å². The molecule has 11 heteroatoms. The lowest BCUT2D eigenvalue weighted by Gasteiger charge is -2.27. The van der Waals surface area contributed by atoms with E-state index in [2.05, 4.69) is 16.0 Å². The monoisotopic (exact) mass is 431 g/mol. The van der Waals surface area contributed by atoms with E-state index in [1.807, 2.05) is 6.92 Å². The highest BCUT2D eigenvalue weighted by Crippen LogP contribution is 2.10. The first-order valence-electron chi connectivity index (χ1n) is 10.2. The van der Waals surface area contributed by atoms with Crippen LogP contribution in [-0.2, 0) is 19.2 Å². The van der Waals surface area contributed by atoms with Crippen molar-refractivity contribution in [3.63, 3.8) is 0 Å². The summed E-state index contributed by atoms with van der Waals surface area (Å²) in [6, 6.07) is -4.28. The SMILES string of the molecule is CCC(C)C(NC(=O)C(C)NC(=O)C(N)C(C)O)C(=O)NC(CCCCN)C(=O)O. The molecule has 0 heterocycles. The Labute approximate surface area is 177 Å². The molecule has 0 aliphatic heterocycles. The number of carbonyl (C=O) groups is 4. The van der Waals surface area contributed by atoms with Crippen molar-refractivity contribution < 1.29 is 29.4 Å². The molecular weight excluding hydrogens is 394 g/mol. The van der Waals surface area contributed by atoms with Crippen molar-refractivity contribution >= 4 is 23.7 Å². The van der Waals surface area contributed by atoms with Crippen LogP contribution in [-0.4, -0.2) is 70.7 Å². The van der Waals surface area contributed by atoms with Gasteiger partial charge in [-0.15, -0.1) is 0 Å². The smallest absolute Gasteiger partial charge is 0.326 e. The van der Waals surface area contributed by atoms with Crippen LogP contribution in [0.15, 0.2) is 0 Å². The van der Waals surface area contributed by atoms with Crippen molar-refractivity contribution in [2.45, 2.75) is 83.6 Å². The first-order chi connectivity index (χ1) is 14.0. The fraction of sp³-hybridized carbons (Fsp3) is 0.789. The Balaban J connectivity index is 5.13. The summed E-state index contributed by atoms with van der Waals surface area (Å²) in [6.45, 7) is 6.78. The first kappa shape index (κ1) is 27.8. The second-order valence-corrected chi connectivity index (χ2v) is 7.55. The summed E-state index contributed by atoms with van der Waals surface area (Å²) < 4.78 is 0. The van der Waals surface area contributed by atoms with E-state index in [0.29, 0.717) is 25.8 Å². The number of hydrogen-bond donors (Lipinski definition) is 7. The second-order valence-electron chi connectivity index (χ2n) is 7.55. The van der Waals surface area contributed by atoms with Crippen LogP contribution in [0.3, 0.4) is 0 Å². The van der Waals surface area contributed by atoms with E-state index in [1.165, 1.54) is 13.8 Å².